The number of rotatable bonds is 4. The van der Waals surface area contributed by atoms with Gasteiger partial charge in [0.2, 0.25) is 0 Å². The van der Waals surface area contributed by atoms with Crippen molar-refractivity contribution in [3.05, 3.63) is 29.8 Å². The van der Waals surface area contributed by atoms with E-state index in [-0.39, 0.29) is 0 Å². The molecule has 0 spiro atoms. The van der Waals surface area contributed by atoms with Gasteiger partial charge in [-0.25, -0.2) is 0 Å². The molecule has 0 bridgehead atoms. The average molecular weight is 321 g/mol. The largest absolute Gasteiger partial charge is 0.349 e. The van der Waals surface area contributed by atoms with Crippen LogP contribution in [0.15, 0.2) is 24.3 Å². The van der Waals surface area contributed by atoms with Crippen LogP contribution in [0.2, 0.25) is 0 Å². The Morgan fingerprint density at radius 2 is 2.09 bits per heavy atom. The highest BCUT2D eigenvalue weighted by Crippen LogP contribution is 2.14. The normalized spacial score (nSPS) is 18.8. The summed E-state index contributed by atoms with van der Waals surface area (Å²) in [7, 11) is 2.35. The first-order valence-electron chi connectivity index (χ1n) is 8.47. The second kappa shape index (κ2) is 7.93. The number of nitrogens with one attached hydrogen (secondary N) is 2. The van der Waals surface area contributed by atoms with E-state index in [2.05, 4.69) is 62.3 Å². The third-order valence-corrected chi connectivity index (χ3v) is 5.45. The van der Waals surface area contributed by atoms with E-state index in [1.807, 2.05) is 0 Å². The SMILES string of the molecule is CCC(C)[NH+](C)C1CCN(C(=S)Nc2cccc(C)c2)CC1. The summed E-state index contributed by atoms with van der Waals surface area (Å²) < 4.78 is 0. The van der Waals surface area contributed by atoms with Crippen LogP contribution in [0.4, 0.5) is 5.69 Å². The highest BCUT2D eigenvalue weighted by atomic mass is 32.1. The van der Waals surface area contributed by atoms with Crippen molar-refractivity contribution in [1.82, 2.24) is 4.90 Å². The Morgan fingerprint density at radius 3 is 2.68 bits per heavy atom. The van der Waals surface area contributed by atoms with Crippen LogP contribution in [-0.2, 0) is 0 Å². The van der Waals surface area contributed by atoms with E-state index < -0.39 is 0 Å². The summed E-state index contributed by atoms with van der Waals surface area (Å²) in [6, 6.07) is 9.90. The molecular weight excluding hydrogens is 290 g/mol. The molecule has 4 heteroatoms. The Labute approximate surface area is 140 Å². The van der Waals surface area contributed by atoms with Crippen LogP contribution >= 0.6 is 12.2 Å². The molecule has 22 heavy (non-hydrogen) atoms. The molecule has 1 aromatic rings. The van der Waals surface area contributed by atoms with Crippen molar-refractivity contribution in [3.8, 4) is 0 Å². The van der Waals surface area contributed by atoms with Gasteiger partial charge in [-0.3, -0.25) is 0 Å². The zero-order valence-electron chi connectivity index (χ0n) is 14.4. The second-order valence-corrected chi connectivity index (χ2v) is 7.00. The number of thiocarbonyl (C=S) groups is 1. The summed E-state index contributed by atoms with van der Waals surface area (Å²) in [4.78, 5) is 4.00. The first-order valence-corrected chi connectivity index (χ1v) is 8.88. The fraction of sp³-hybridized carbons (Fsp3) is 0.611. The molecule has 1 aromatic carbocycles. The Balaban J connectivity index is 1.85. The van der Waals surface area contributed by atoms with E-state index in [1.165, 1.54) is 24.8 Å². The van der Waals surface area contributed by atoms with E-state index in [4.69, 9.17) is 12.2 Å². The van der Waals surface area contributed by atoms with Crippen LogP contribution in [0.25, 0.3) is 0 Å². The molecule has 0 amide bonds. The van der Waals surface area contributed by atoms with Gasteiger partial charge in [0, 0.05) is 31.6 Å². The molecule has 1 saturated heterocycles. The number of benzene rings is 1. The van der Waals surface area contributed by atoms with Crippen molar-refractivity contribution in [2.75, 3.05) is 25.5 Å². The van der Waals surface area contributed by atoms with Gasteiger partial charge in [0.25, 0.3) is 0 Å². The van der Waals surface area contributed by atoms with E-state index in [1.54, 1.807) is 4.90 Å². The Hall–Kier alpha value is -1.13. The molecule has 2 unspecified atom stereocenters. The van der Waals surface area contributed by atoms with Crippen LogP contribution in [0.1, 0.15) is 38.7 Å². The molecule has 1 fully saturated rings. The molecule has 2 rings (SSSR count). The number of piperidine rings is 1. The molecule has 2 atom stereocenters. The number of nitrogens with zero attached hydrogens (tertiary/aromatic N) is 1. The fourth-order valence-electron chi connectivity index (χ4n) is 3.19. The summed E-state index contributed by atoms with van der Waals surface area (Å²) >= 11 is 5.59. The molecule has 0 aromatic heterocycles. The molecular formula is C18H30N3S+. The van der Waals surface area contributed by atoms with Crippen LogP contribution in [0.5, 0.6) is 0 Å². The first-order chi connectivity index (χ1) is 10.5. The standard InChI is InChI=1S/C18H29N3S/c1-5-15(3)20(4)17-9-11-21(12-10-17)18(22)19-16-8-6-7-14(2)13-16/h6-8,13,15,17H,5,9-12H2,1-4H3,(H,19,22)/p+1. The molecule has 1 aliphatic rings. The van der Waals surface area contributed by atoms with Gasteiger partial charge in [-0.05, 0) is 50.2 Å². The molecule has 1 aliphatic heterocycles. The zero-order chi connectivity index (χ0) is 16.1. The van der Waals surface area contributed by atoms with Gasteiger partial charge in [0.05, 0.1) is 19.1 Å². The minimum absolute atomic E-state index is 0.744. The molecule has 0 saturated carbocycles. The van der Waals surface area contributed by atoms with E-state index in [0.717, 1.165) is 36.0 Å². The monoisotopic (exact) mass is 320 g/mol. The summed E-state index contributed by atoms with van der Waals surface area (Å²) in [5.41, 5.74) is 2.35. The fourth-order valence-corrected chi connectivity index (χ4v) is 3.49. The van der Waals surface area contributed by atoms with Gasteiger partial charge < -0.3 is 15.1 Å². The van der Waals surface area contributed by atoms with Crippen LogP contribution in [0.3, 0.4) is 0 Å². The first kappa shape index (κ1) is 17.2. The molecule has 1 heterocycles. The maximum absolute atomic E-state index is 5.59. The van der Waals surface area contributed by atoms with Crippen molar-refractivity contribution in [3.63, 3.8) is 0 Å². The minimum atomic E-state index is 0.744. The Morgan fingerprint density at radius 1 is 1.41 bits per heavy atom. The second-order valence-electron chi connectivity index (χ2n) is 6.61. The van der Waals surface area contributed by atoms with Crippen molar-refractivity contribution < 1.29 is 4.90 Å². The summed E-state index contributed by atoms with van der Waals surface area (Å²) in [5, 5.41) is 4.25. The number of anilines is 1. The smallest absolute Gasteiger partial charge is 0.173 e. The van der Waals surface area contributed by atoms with Crippen molar-refractivity contribution in [2.24, 2.45) is 0 Å². The van der Waals surface area contributed by atoms with Gasteiger partial charge in [-0.15, -0.1) is 0 Å². The van der Waals surface area contributed by atoms with Crippen molar-refractivity contribution >= 4 is 23.0 Å². The highest BCUT2D eigenvalue weighted by Gasteiger charge is 2.28. The predicted octanol–water partition coefficient (Wildman–Crippen LogP) is 2.47. The predicted molar refractivity (Wildman–Crippen MR) is 98.6 cm³/mol. The third kappa shape index (κ3) is 4.43. The lowest BCUT2D eigenvalue weighted by Crippen LogP contribution is -3.16. The highest BCUT2D eigenvalue weighted by molar-refractivity contribution is 7.80. The van der Waals surface area contributed by atoms with Gasteiger partial charge in [0.15, 0.2) is 5.11 Å². The quantitative estimate of drug-likeness (QED) is 0.832. The average Bonchev–Trinajstić information content (AvgIpc) is 2.53. The van der Waals surface area contributed by atoms with Gasteiger partial charge in [-0.2, -0.15) is 0 Å². The lowest BCUT2D eigenvalue weighted by molar-refractivity contribution is -0.930. The van der Waals surface area contributed by atoms with E-state index in [0.29, 0.717) is 0 Å². The van der Waals surface area contributed by atoms with Crippen LogP contribution in [0, 0.1) is 6.92 Å². The van der Waals surface area contributed by atoms with Gasteiger partial charge in [0.1, 0.15) is 0 Å². The van der Waals surface area contributed by atoms with Crippen LogP contribution in [-0.4, -0.2) is 42.2 Å². The molecule has 0 aliphatic carbocycles. The summed E-state index contributed by atoms with van der Waals surface area (Å²) in [6.07, 6.45) is 3.71. The van der Waals surface area contributed by atoms with Gasteiger partial charge in [-0.1, -0.05) is 19.1 Å². The molecule has 122 valence electrons. The van der Waals surface area contributed by atoms with Gasteiger partial charge >= 0.3 is 0 Å². The molecule has 3 nitrogen and oxygen atoms in total. The Bertz CT molecular complexity index is 495. The Kier molecular flexibility index (Phi) is 6.21. The third-order valence-electron chi connectivity index (χ3n) is 5.09. The van der Waals surface area contributed by atoms with Crippen molar-refractivity contribution in [2.45, 2.75) is 52.1 Å². The number of aryl methyl sites for hydroxylation is 1. The summed E-state index contributed by atoms with van der Waals surface area (Å²) in [5.74, 6) is 0. The summed E-state index contributed by atoms with van der Waals surface area (Å²) in [6.45, 7) is 8.87. The number of likely N-dealkylation sites (tertiary alicyclic amines) is 1. The maximum atomic E-state index is 5.59. The van der Waals surface area contributed by atoms with E-state index >= 15 is 0 Å². The zero-order valence-corrected chi connectivity index (χ0v) is 15.2. The van der Waals surface area contributed by atoms with Crippen LogP contribution < -0.4 is 10.2 Å². The van der Waals surface area contributed by atoms with E-state index in [9.17, 15) is 0 Å². The lowest BCUT2D eigenvalue weighted by atomic mass is 10.0. The number of quaternary nitrogens is 1. The van der Waals surface area contributed by atoms with Crippen molar-refractivity contribution in [1.29, 1.82) is 0 Å². The maximum Gasteiger partial charge on any atom is 0.173 e. The molecule has 2 N–H and O–H groups in total. The molecule has 0 radical (unpaired) electrons. The topological polar surface area (TPSA) is 19.7 Å². The lowest BCUT2D eigenvalue weighted by Gasteiger charge is -2.37. The number of hydrogen-bond acceptors (Lipinski definition) is 1. The number of hydrogen-bond donors (Lipinski definition) is 2. The minimum Gasteiger partial charge on any atom is -0.349 e.